The van der Waals surface area contributed by atoms with Crippen LogP contribution >= 0.6 is 0 Å². The second-order valence-electron chi connectivity index (χ2n) is 5.14. The van der Waals surface area contributed by atoms with Gasteiger partial charge in [-0.1, -0.05) is 6.07 Å². The third kappa shape index (κ3) is 3.54. The monoisotopic (exact) mass is 277 g/mol. The summed E-state index contributed by atoms with van der Waals surface area (Å²) in [5, 5.41) is 2.51. The number of ether oxygens (including phenoxy) is 1. The molecule has 2 rings (SSSR count). The van der Waals surface area contributed by atoms with Crippen molar-refractivity contribution in [1.82, 2.24) is 9.88 Å². The first-order chi connectivity index (χ1) is 9.45. The molecule has 1 aliphatic heterocycles. The Balaban J connectivity index is 1.98. The van der Waals surface area contributed by atoms with E-state index in [4.69, 9.17) is 4.74 Å². The van der Waals surface area contributed by atoms with E-state index in [1.54, 1.807) is 12.3 Å². The fraction of sp³-hybridized carbons (Fsp3) is 0.500. The largest absolute Gasteiger partial charge is 0.372 e. The number of anilines is 1. The van der Waals surface area contributed by atoms with Crippen molar-refractivity contribution in [3.8, 4) is 0 Å². The predicted molar refractivity (Wildman–Crippen MR) is 74.2 cm³/mol. The molecule has 20 heavy (non-hydrogen) atoms. The number of hydrogen-bond donors (Lipinski definition) is 1. The first-order valence-electron chi connectivity index (χ1n) is 6.64. The highest BCUT2D eigenvalue weighted by Gasteiger charge is 2.29. The summed E-state index contributed by atoms with van der Waals surface area (Å²) in [6, 6.07) is 3.50. The second-order valence-corrected chi connectivity index (χ2v) is 5.14. The van der Waals surface area contributed by atoms with Crippen LogP contribution in [0.15, 0.2) is 18.3 Å². The number of hydrogen-bond acceptors (Lipinski definition) is 4. The molecule has 0 bridgehead atoms. The number of aryl methyl sites for hydroxylation is 1. The van der Waals surface area contributed by atoms with Crippen molar-refractivity contribution in [3.05, 3.63) is 23.9 Å². The Hall–Kier alpha value is -1.95. The summed E-state index contributed by atoms with van der Waals surface area (Å²) in [5.41, 5.74) is 0.991. The number of amides is 2. The highest BCUT2D eigenvalue weighted by molar-refractivity contribution is 6.39. The topological polar surface area (TPSA) is 71.5 Å². The molecule has 1 aromatic heterocycles. The maximum atomic E-state index is 12.1. The minimum Gasteiger partial charge on any atom is -0.372 e. The molecule has 108 valence electrons. The van der Waals surface area contributed by atoms with E-state index >= 15 is 0 Å². The fourth-order valence-corrected chi connectivity index (χ4v) is 2.20. The molecule has 0 saturated carbocycles. The zero-order valence-electron chi connectivity index (χ0n) is 11.9. The molecule has 6 nitrogen and oxygen atoms in total. The van der Waals surface area contributed by atoms with Gasteiger partial charge in [-0.25, -0.2) is 4.98 Å². The predicted octanol–water partition coefficient (Wildman–Crippen LogP) is 0.964. The molecule has 2 unspecified atom stereocenters. The molecule has 1 aromatic rings. The van der Waals surface area contributed by atoms with Crippen molar-refractivity contribution in [2.75, 3.05) is 18.4 Å². The highest BCUT2D eigenvalue weighted by atomic mass is 16.5. The number of carbonyl (C=O) groups excluding carboxylic acids is 2. The van der Waals surface area contributed by atoms with Crippen LogP contribution in [0.5, 0.6) is 0 Å². The molecule has 6 heteroatoms. The van der Waals surface area contributed by atoms with E-state index < -0.39 is 11.8 Å². The zero-order valence-corrected chi connectivity index (χ0v) is 11.9. The first-order valence-corrected chi connectivity index (χ1v) is 6.64. The van der Waals surface area contributed by atoms with Crippen molar-refractivity contribution in [3.63, 3.8) is 0 Å². The van der Waals surface area contributed by atoms with Crippen LogP contribution in [0, 0.1) is 6.92 Å². The van der Waals surface area contributed by atoms with Gasteiger partial charge in [0.05, 0.1) is 12.2 Å². The smallest absolute Gasteiger partial charge is 0.315 e. The van der Waals surface area contributed by atoms with Crippen molar-refractivity contribution in [2.24, 2.45) is 0 Å². The van der Waals surface area contributed by atoms with Gasteiger partial charge in [0.25, 0.3) is 0 Å². The minimum atomic E-state index is -0.664. The molecule has 1 N–H and O–H groups in total. The van der Waals surface area contributed by atoms with Gasteiger partial charge in [-0.2, -0.15) is 0 Å². The lowest BCUT2D eigenvalue weighted by molar-refractivity contribution is -0.151. The zero-order chi connectivity index (χ0) is 14.7. The third-order valence-corrected chi connectivity index (χ3v) is 3.05. The third-order valence-electron chi connectivity index (χ3n) is 3.05. The Bertz CT molecular complexity index is 491. The Morgan fingerprint density at radius 1 is 1.30 bits per heavy atom. The van der Waals surface area contributed by atoms with Crippen LogP contribution in [0.25, 0.3) is 0 Å². The van der Waals surface area contributed by atoms with E-state index in [1.807, 2.05) is 26.8 Å². The van der Waals surface area contributed by atoms with Gasteiger partial charge in [0, 0.05) is 19.3 Å². The van der Waals surface area contributed by atoms with Gasteiger partial charge in [-0.3, -0.25) is 9.59 Å². The van der Waals surface area contributed by atoms with Crippen LogP contribution in [0.4, 0.5) is 5.82 Å². The van der Waals surface area contributed by atoms with Crippen LogP contribution in [0.1, 0.15) is 19.4 Å². The molecule has 2 atom stereocenters. The molecule has 1 fully saturated rings. The van der Waals surface area contributed by atoms with E-state index in [0.29, 0.717) is 18.9 Å². The summed E-state index contributed by atoms with van der Waals surface area (Å²) in [6.45, 7) is 6.53. The van der Waals surface area contributed by atoms with E-state index in [9.17, 15) is 9.59 Å². The summed E-state index contributed by atoms with van der Waals surface area (Å²) in [6.07, 6.45) is 1.51. The number of morpholine rings is 1. The van der Waals surface area contributed by atoms with Gasteiger partial charge in [0.2, 0.25) is 0 Å². The van der Waals surface area contributed by atoms with E-state index in [2.05, 4.69) is 10.3 Å². The van der Waals surface area contributed by atoms with Crippen molar-refractivity contribution in [1.29, 1.82) is 0 Å². The van der Waals surface area contributed by atoms with Gasteiger partial charge >= 0.3 is 11.8 Å². The van der Waals surface area contributed by atoms with E-state index in [0.717, 1.165) is 5.56 Å². The molecule has 1 saturated heterocycles. The van der Waals surface area contributed by atoms with Crippen LogP contribution in [0.3, 0.4) is 0 Å². The summed E-state index contributed by atoms with van der Waals surface area (Å²) in [7, 11) is 0. The maximum absolute atomic E-state index is 12.1. The Labute approximate surface area is 118 Å². The molecular weight excluding hydrogens is 258 g/mol. The summed E-state index contributed by atoms with van der Waals surface area (Å²) in [5.74, 6) is -0.833. The summed E-state index contributed by atoms with van der Waals surface area (Å²) in [4.78, 5) is 29.6. The van der Waals surface area contributed by atoms with Crippen LogP contribution in [-0.2, 0) is 14.3 Å². The molecule has 2 amide bonds. The van der Waals surface area contributed by atoms with Gasteiger partial charge in [0.1, 0.15) is 5.82 Å². The normalized spacial score (nSPS) is 22.4. The molecule has 2 heterocycles. The highest BCUT2D eigenvalue weighted by Crippen LogP contribution is 2.11. The molecule has 0 aromatic carbocycles. The number of nitrogens with zero attached hydrogens (tertiary/aromatic N) is 2. The second kappa shape index (κ2) is 6.00. The molecule has 0 radical (unpaired) electrons. The Morgan fingerprint density at radius 2 is 1.95 bits per heavy atom. The standard InChI is InChI=1S/C14H19N3O3/c1-9-4-5-12(15-6-9)16-13(18)14(19)17-7-10(2)20-11(3)8-17/h4-6,10-11H,7-8H2,1-3H3,(H,15,16,18). The van der Waals surface area contributed by atoms with Gasteiger partial charge in [-0.05, 0) is 32.4 Å². The number of nitrogens with one attached hydrogen (secondary N) is 1. The quantitative estimate of drug-likeness (QED) is 0.776. The maximum Gasteiger partial charge on any atom is 0.315 e. The van der Waals surface area contributed by atoms with Crippen molar-refractivity contribution < 1.29 is 14.3 Å². The molecular formula is C14H19N3O3. The summed E-state index contributed by atoms with van der Waals surface area (Å²) >= 11 is 0. The average Bonchev–Trinajstić information content (AvgIpc) is 2.39. The number of rotatable bonds is 1. The Kier molecular flexibility index (Phi) is 4.34. The van der Waals surface area contributed by atoms with Gasteiger partial charge in [0.15, 0.2) is 0 Å². The van der Waals surface area contributed by atoms with Crippen LogP contribution in [-0.4, -0.2) is 47.0 Å². The number of carbonyl (C=O) groups is 2. The fourth-order valence-electron chi connectivity index (χ4n) is 2.20. The van der Waals surface area contributed by atoms with E-state index in [-0.39, 0.29) is 12.2 Å². The number of pyridine rings is 1. The van der Waals surface area contributed by atoms with Gasteiger partial charge < -0.3 is 15.0 Å². The molecule has 0 spiro atoms. The summed E-state index contributed by atoms with van der Waals surface area (Å²) < 4.78 is 5.54. The van der Waals surface area contributed by atoms with Crippen molar-refractivity contribution >= 4 is 17.6 Å². The number of aromatic nitrogens is 1. The lowest BCUT2D eigenvalue weighted by Crippen LogP contribution is -2.51. The molecule has 1 aliphatic rings. The van der Waals surface area contributed by atoms with Crippen LogP contribution in [0.2, 0.25) is 0 Å². The first kappa shape index (κ1) is 14.5. The molecule has 0 aliphatic carbocycles. The minimum absolute atomic E-state index is 0.0620. The average molecular weight is 277 g/mol. The SMILES string of the molecule is Cc1ccc(NC(=O)C(=O)N2CC(C)OC(C)C2)nc1. The lowest BCUT2D eigenvalue weighted by Gasteiger charge is -2.34. The lowest BCUT2D eigenvalue weighted by atomic mass is 10.2. The van der Waals surface area contributed by atoms with E-state index in [1.165, 1.54) is 4.90 Å². The van der Waals surface area contributed by atoms with Crippen LogP contribution < -0.4 is 5.32 Å². The Morgan fingerprint density at radius 3 is 2.50 bits per heavy atom. The van der Waals surface area contributed by atoms with Gasteiger partial charge in [-0.15, -0.1) is 0 Å². The van der Waals surface area contributed by atoms with Crippen molar-refractivity contribution in [2.45, 2.75) is 33.0 Å².